The van der Waals surface area contributed by atoms with Crippen LogP contribution in [0.3, 0.4) is 0 Å². The summed E-state index contributed by atoms with van der Waals surface area (Å²) in [5.74, 6) is 0.688. The van der Waals surface area contributed by atoms with E-state index < -0.39 is 0 Å². The molecule has 0 aliphatic carbocycles. The lowest BCUT2D eigenvalue weighted by molar-refractivity contribution is 0.966. The predicted molar refractivity (Wildman–Crippen MR) is 71.1 cm³/mol. The first kappa shape index (κ1) is 10.7. The normalized spacial score (nSPS) is 10.9. The molecule has 2 heterocycles. The molecule has 1 aromatic carbocycles. The zero-order valence-corrected chi connectivity index (χ0v) is 11.0. The van der Waals surface area contributed by atoms with Crippen LogP contribution in [0.1, 0.15) is 0 Å². The van der Waals surface area contributed by atoms with Crippen molar-refractivity contribution in [2.75, 3.05) is 0 Å². The Labute approximate surface area is 111 Å². The van der Waals surface area contributed by atoms with E-state index in [0.717, 1.165) is 15.7 Å². The molecule has 2 aromatic heterocycles. The van der Waals surface area contributed by atoms with Crippen molar-refractivity contribution in [1.29, 1.82) is 0 Å². The van der Waals surface area contributed by atoms with Gasteiger partial charge in [-0.05, 0) is 18.2 Å². The van der Waals surface area contributed by atoms with Crippen LogP contribution in [0.15, 0.2) is 47.1 Å². The third kappa shape index (κ3) is 2.06. The van der Waals surface area contributed by atoms with Gasteiger partial charge in [-0.3, -0.25) is 0 Å². The summed E-state index contributed by atoms with van der Waals surface area (Å²) < 4.78 is 2.72. The SMILES string of the molecule is Clc1ccn2nc(-c3cccc(Br)c3)nc2c1. The maximum Gasteiger partial charge on any atom is 0.182 e. The Kier molecular flexibility index (Phi) is 2.61. The molecule has 84 valence electrons. The molecular formula is C12H7BrClN3. The first-order valence-corrected chi connectivity index (χ1v) is 6.17. The van der Waals surface area contributed by atoms with Crippen molar-refractivity contribution < 1.29 is 0 Å². The quantitative estimate of drug-likeness (QED) is 0.684. The second kappa shape index (κ2) is 4.13. The monoisotopic (exact) mass is 307 g/mol. The van der Waals surface area contributed by atoms with Gasteiger partial charge in [-0.15, -0.1) is 5.10 Å². The van der Waals surface area contributed by atoms with Gasteiger partial charge in [-0.1, -0.05) is 39.7 Å². The molecule has 0 amide bonds. The van der Waals surface area contributed by atoms with E-state index >= 15 is 0 Å². The summed E-state index contributed by atoms with van der Waals surface area (Å²) in [5.41, 5.74) is 1.71. The maximum absolute atomic E-state index is 5.91. The minimum atomic E-state index is 0.658. The molecule has 0 aliphatic heterocycles. The number of fused-ring (bicyclic) bond motifs is 1. The highest BCUT2D eigenvalue weighted by Gasteiger charge is 2.06. The average molecular weight is 309 g/mol. The smallest absolute Gasteiger partial charge is 0.182 e. The predicted octanol–water partition coefficient (Wildman–Crippen LogP) is 3.81. The fourth-order valence-corrected chi connectivity index (χ4v) is 2.16. The van der Waals surface area contributed by atoms with Gasteiger partial charge in [-0.25, -0.2) is 9.50 Å². The Bertz CT molecular complexity index is 693. The first-order chi connectivity index (χ1) is 8.22. The van der Waals surface area contributed by atoms with E-state index in [-0.39, 0.29) is 0 Å². The molecule has 0 atom stereocenters. The molecule has 17 heavy (non-hydrogen) atoms. The van der Waals surface area contributed by atoms with E-state index in [2.05, 4.69) is 26.0 Å². The molecule has 0 unspecified atom stereocenters. The molecule has 0 aliphatic rings. The second-order valence-corrected chi connectivity index (χ2v) is 4.95. The fraction of sp³-hybridized carbons (Fsp3) is 0. The molecule has 0 N–H and O–H groups in total. The van der Waals surface area contributed by atoms with Crippen LogP contribution in [0.5, 0.6) is 0 Å². The Balaban J connectivity index is 2.18. The van der Waals surface area contributed by atoms with Crippen molar-refractivity contribution in [3.8, 4) is 11.4 Å². The van der Waals surface area contributed by atoms with E-state index in [1.165, 1.54) is 0 Å². The van der Waals surface area contributed by atoms with Crippen LogP contribution in [0, 0.1) is 0 Å². The van der Waals surface area contributed by atoms with Crippen LogP contribution < -0.4 is 0 Å². The number of rotatable bonds is 1. The molecule has 0 bridgehead atoms. The Morgan fingerprint density at radius 3 is 2.88 bits per heavy atom. The van der Waals surface area contributed by atoms with Crippen LogP contribution >= 0.6 is 27.5 Å². The number of aromatic nitrogens is 3. The molecular weight excluding hydrogens is 302 g/mol. The number of halogens is 2. The average Bonchev–Trinajstić information content (AvgIpc) is 2.72. The summed E-state index contributed by atoms with van der Waals surface area (Å²) in [7, 11) is 0. The number of pyridine rings is 1. The van der Waals surface area contributed by atoms with E-state index in [1.807, 2.05) is 24.3 Å². The van der Waals surface area contributed by atoms with Crippen LogP contribution in [-0.4, -0.2) is 14.6 Å². The van der Waals surface area contributed by atoms with Crippen molar-refractivity contribution in [1.82, 2.24) is 14.6 Å². The molecule has 0 fully saturated rings. The van der Waals surface area contributed by atoms with Crippen molar-refractivity contribution >= 4 is 33.2 Å². The van der Waals surface area contributed by atoms with Gasteiger partial charge in [-0.2, -0.15) is 0 Å². The van der Waals surface area contributed by atoms with Gasteiger partial charge in [0, 0.05) is 27.3 Å². The lowest BCUT2D eigenvalue weighted by Gasteiger charge is -1.94. The zero-order chi connectivity index (χ0) is 11.8. The summed E-state index contributed by atoms with van der Waals surface area (Å²) >= 11 is 9.34. The summed E-state index contributed by atoms with van der Waals surface area (Å²) in [5, 5.41) is 5.05. The minimum absolute atomic E-state index is 0.658. The standard InChI is InChI=1S/C12H7BrClN3/c13-9-3-1-2-8(6-9)12-15-11-7-10(14)4-5-17(11)16-12/h1-7H. The van der Waals surface area contributed by atoms with Crippen molar-refractivity contribution in [2.24, 2.45) is 0 Å². The maximum atomic E-state index is 5.91. The summed E-state index contributed by atoms with van der Waals surface area (Å²) in [6.45, 7) is 0. The van der Waals surface area contributed by atoms with Gasteiger partial charge < -0.3 is 0 Å². The highest BCUT2D eigenvalue weighted by Crippen LogP contribution is 2.21. The van der Waals surface area contributed by atoms with Crippen LogP contribution in [0.4, 0.5) is 0 Å². The van der Waals surface area contributed by atoms with Crippen LogP contribution in [0.25, 0.3) is 17.0 Å². The summed E-state index contributed by atoms with van der Waals surface area (Å²) in [6, 6.07) is 11.5. The van der Waals surface area contributed by atoms with Gasteiger partial charge >= 0.3 is 0 Å². The molecule has 0 spiro atoms. The molecule has 3 nitrogen and oxygen atoms in total. The minimum Gasteiger partial charge on any atom is -0.220 e. The lowest BCUT2D eigenvalue weighted by atomic mass is 10.2. The van der Waals surface area contributed by atoms with E-state index in [9.17, 15) is 0 Å². The van der Waals surface area contributed by atoms with Gasteiger partial charge in [0.1, 0.15) is 0 Å². The van der Waals surface area contributed by atoms with Gasteiger partial charge in [0.25, 0.3) is 0 Å². The lowest BCUT2D eigenvalue weighted by Crippen LogP contribution is -1.85. The molecule has 0 saturated heterocycles. The Hall–Kier alpha value is -1.39. The number of hydrogen-bond donors (Lipinski definition) is 0. The van der Waals surface area contributed by atoms with Crippen molar-refractivity contribution in [3.63, 3.8) is 0 Å². The Morgan fingerprint density at radius 1 is 1.18 bits per heavy atom. The van der Waals surface area contributed by atoms with Crippen molar-refractivity contribution in [2.45, 2.75) is 0 Å². The van der Waals surface area contributed by atoms with E-state index in [0.29, 0.717) is 10.8 Å². The molecule has 5 heteroatoms. The van der Waals surface area contributed by atoms with Gasteiger partial charge in [0.2, 0.25) is 0 Å². The fourth-order valence-electron chi connectivity index (χ4n) is 1.61. The third-order valence-electron chi connectivity index (χ3n) is 2.38. The number of nitrogens with zero attached hydrogens (tertiary/aromatic N) is 3. The first-order valence-electron chi connectivity index (χ1n) is 5.00. The highest BCUT2D eigenvalue weighted by atomic mass is 79.9. The van der Waals surface area contributed by atoms with Crippen molar-refractivity contribution in [3.05, 3.63) is 52.1 Å². The van der Waals surface area contributed by atoms with Crippen LogP contribution in [0.2, 0.25) is 5.02 Å². The summed E-state index contributed by atoms with van der Waals surface area (Å²) in [6.07, 6.45) is 1.80. The zero-order valence-electron chi connectivity index (χ0n) is 8.64. The third-order valence-corrected chi connectivity index (χ3v) is 3.11. The molecule has 3 aromatic rings. The van der Waals surface area contributed by atoms with E-state index in [4.69, 9.17) is 11.6 Å². The largest absolute Gasteiger partial charge is 0.220 e. The number of hydrogen-bond acceptors (Lipinski definition) is 2. The van der Waals surface area contributed by atoms with Gasteiger partial charge in [0.15, 0.2) is 11.5 Å². The van der Waals surface area contributed by atoms with Gasteiger partial charge in [0.05, 0.1) is 0 Å². The Morgan fingerprint density at radius 2 is 2.06 bits per heavy atom. The molecule has 3 rings (SSSR count). The van der Waals surface area contributed by atoms with Crippen LogP contribution in [-0.2, 0) is 0 Å². The second-order valence-electron chi connectivity index (χ2n) is 3.59. The number of benzene rings is 1. The highest BCUT2D eigenvalue weighted by molar-refractivity contribution is 9.10. The summed E-state index contributed by atoms with van der Waals surface area (Å²) in [4.78, 5) is 4.43. The topological polar surface area (TPSA) is 30.2 Å². The van der Waals surface area contributed by atoms with E-state index in [1.54, 1.807) is 22.8 Å². The molecule has 0 radical (unpaired) electrons. The molecule has 0 saturated carbocycles.